The van der Waals surface area contributed by atoms with Gasteiger partial charge in [0, 0.05) is 31.1 Å². The second-order valence-electron chi connectivity index (χ2n) is 8.19. The number of anilines is 1. The van der Waals surface area contributed by atoms with E-state index in [-0.39, 0.29) is 35.0 Å². The van der Waals surface area contributed by atoms with Crippen LogP contribution in [-0.2, 0) is 11.3 Å². The van der Waals surface area contributed by atoms with Gasteiger partial charge in [-0.3, -0.25) is 4.90 Å². The lowest BCUT2D eigenvalue weighted by atomic mass is 9.98. The number of nitrogens with zero attached hydrogens (tertiary/aromatic N) is 2. The van der Waals surface area contributed by atoms with E-state index in [1.165, 1.54) is 36.3 Å². The summed E-state index contributed by atoms with van der Waals surface area (Å²) in [5, 5.41) is 3.85. The molecular weight excluding hydrogens is 443 g/mol. The smallest absolute Gasteiger partial charge is 0.414 e. The van der Waals surface area contributed by atoms with Crippen LogP contribution in [0.5, 0.6) is 0 Å². The van der Waals surface area contributed by atoms with Crippen molar-refractivity contribution in [3.8, 4) is 0 Å². The van der Waals surface area contributed by atoms with Gasteiger partial charge in [-0.25, -0.2) is 9.18 Å². The fraction of sp³-hybridized carbons (Fsp3) is 0.476. The van der Waals surface area contributed by atoms with Crippen LogP contribution in [0.2, 0.25) is 0 Å². The van der Waals surface area contributed by atoms with Gasteiger partial charge in [-0.1, -0.05) is 12.1 Å². The molecule has 2 atom stereocenters. The van der Waals surface area contributed by atoms with Gasteiger partial charge in [-0.05, 0) is 29.1 Å². The molecule has 0 N–H and O–H groups in total. The largest absolute Gasteiger partial charge is 1.00 e. The summed E-state index contributed by atoms with van der Waals surface area (Å²) in [6.07, 6.45) is 3.90. The highest BCUT2D eigenvalue weighted by molar-refractivity contribution is 7.08. The van der Waals surface area contributed by atoms with E-state index in [9.17, 15) is 9.18 Å². The molecule has 4 rings (SSSR count). The summed E-state index contributed by atoms with van der Waals surface area (Å²) in [5.74, 6) is -0.296. The molecule has 2 fully saturated rings. The van der Waals surface area contributed by atoms with E-state index in [0.717, 1.165) is 28.6 Å². The summed E-state index contributed by atoms with van der Waals surface area (Å²) >= 11 is 1.53. The molecule has 2 aromatic rings. The minimum absolute atomic E-state index is 0. The maximum atomic E-state index is 13.6. The van der Waals surface area contributed by atoms with Gasteiger partial charge in [0.05, 0.1) is 38.4 Å². The van der Waals surface area contributed by atoms with Crippen LogP contribution in [0.4, 0.5) is 14.9 Å². The number of hydrogen-bond donors (Lipinski definition) is 0. The Kier molecular flexibility index (Phi) is 6.47. The first kappa shape index (κ1) is 21.3. The molecule has 1 amide bonds. The minimum atomic E-state index is -0.339. The molecule has 152 valence electrons. The molecule has 1 aromatic heterocycles. The van der Waals surface area contributed by atoms with Crippen molar-refractivity contribution >= 4 is 23.1 Å². The first-order valence-electron chi connectivity index (χ1n) is 9.51. The Morgan fingerprint density at radius 3 is 2.57 bits per heavy atom. The monoisotopic (exact) mass is 468 g/mol. The molecule has 0 aliphatic carbocycles. The molecule has 2 aliphatic heterocycles. The summed E-state index contributed by atoms with van der Waals surface area (Å²) in [6.45, 7) is 0.300. The van der Waals surface area contributed by atoms with Crippen molar-refractivity contribution in [2.45, 2.75) is 50.4 Å². The summed E-state index contributed by atoms with van der Waals surface area (Å²) in [6, 6.07) is 9.41. The number of fused-ring (bicyclic) bond motifs is 2. The van der Waals surface area contributed by atoms with E-state index in [0.29, 0.717) is 18.6 Å². The number of piperidine rings is 1. The lowest BCUT2D eigenvalue weighted by molar-refractivity contribution is -0.931. The molecule has 28 heavy (non-hydrogen) atoms. The number of rotatable bonds is 4. The maximum absolute atomic E-state index is 13.6. The number of halogens is 2. The zero-order valence-electron chi connectivity index (χ0n) is 16.2. The molecule has 2 aliphatic rings. The molecule has 1 aromatic carbocycles. The average molecular weight is 469 g/mol. The fourth-order valence-electron chi connectivity index (χ4n) is 4.62. The number of quaternary nitrogens is 1. The summed E-state index contributed by atoms with van der Waals surface area (Å²) < 4.78 is 20.6. The Morgan fingerprint density at radius 2 is 1.96 bits per heavy atom. The van der Waals surface area contributed by atoms with E-state index in [2.05, 4.69) is 14.1 Å². The first-order chi connectivity index (χ1) is 12.9. The van der Waals surface area contributed by atoms with Crippen LogP contribution in [0.25, 0.3) is 0 Å². The van der Waals surface area contributed by atoms with Crippen LogP contribution in [-0.4, -0.2) is 42.9 Å². The Bertz CT molecular complexity index is 798. The van der Waals surface area contributed by atoms with Gasteiger partial charge in [0.15, 0.2) is 0 Å². The van der Waals surface area contributed by atoms with Crippen LogP contribution in [0.1, 0.15) is 31.2 Å². The third-order valence-electron chi connectivity index (χ3n) is 6.32. The Balaban J connectivity index is 0.00000225. The Hall–Kier alpha value is -1.44. The molecule has 4 nitrogen and oxygen atoms in total. The average Bonchev–Trinajstić information content (AvgIpc) is 3.16. The van der Waals surface area contributed by atoms with Gasteiger partial charge >= 0.3 is 6.09 Å². The number of carbonyl (C=O) groups excluding carboxylic acids is 1. The number of carbonyl (C=O) groups is 1. The highest BCUT2D eigenvalue weighted by atomic mass is 79.9. The number of hydrogen-bond acceptors (Lipinski definition) is 3. The van der Waals surface area contributed by atoms with Gasteiger partial charge < -0.3 is 26.2 Å². The molecule has 2 bridgehead atoms. The molecule has 2 saturated heterocycles. The molecule has 0 spiro atoms. The second kappa shape index (κ2) is 8.51. The van der Waals surface area contributed by atoms with Gasteiger partial charge in [-0.15, -0.1) is 0 Å². The van der Waals surface area contributed by atoms with E-state index >= 15 is 0 Å². The maximum Gasteiger partial charge on any atom is 0.414 e. The van der Waals surface area contributed by atoms with Crippen molar-refractivity contribution in [2.75, 3.05) is 19.0 Å². The van der Waals surface area contributed by atoms with Gasteiger partial charge in [0.1, 0.15) is 11.9 Å². The van der Waals surface area contributed by atoms with Crippen LogP contribution in [0.3, 0.4) is 0 Å². The predicted molar refractivity (Wildman–Crippen MR) is 105 cm³/mol. The highest BCUT2D eigenvalue weighted by Crippen LogP contribution is 2.40. The zero-order valence-corrected chi connectivity index (χ0v) is 18.6. The van der Waals surface area contributed by atoms with E-state index in [1.807, 2.05) is 22.9 Å². The van der Waals surface area contributed by atoms with Crippen LogP contribution in [0.15, 0.2) is 41.1 Å². The van der Waals surface area contributed by atoms with Crippen molar-refractivity contribution < 1.29 is 35.4 Å². The van der Waals surface area contributed by atoms with E-state index in [1.54, 1.807) is 11.0 Å². The van der Waals surface area contributed by atoms with Gasteiger partial charge in [-0.2, -0.15) is 11.3 Å². The Morgan fingerprint density at radius 1 is 1.25 bits per heavy atom. The second-order valence-corrected chi connectivity index (χ2v) is 8.97. The van der Waals surface area contributed by atoms with Crippen LogP contribution in [0, 0.1) is 5.82 Å². The van der Waals surface area contributed by atoms with Gasteiger partial charge in [0.2, 0.25) is 0 Å². The normalized spacial score (nSPS) is 25.0. The predicted octanol–water partition coefficient (Wildman–Crippen LogP) is 1.80. The first-order valence-corrected chi connectivity index (χ1v) is 10.5. The van der Waals surface area contributed by atoms with Crippen molar-refractivity contribution in [3.63, 3.8) is 0 Å². The third-order valence-corrected chi connectivity index (χ3v) is 6.99. The topological polar surface area (TPSA) is 29.5 Å². The number of thiophene rings is 1. The lowest BCUT2D eigenvalue weighted by Crippen LogP contribution is -3.00. The highest BCUT2D eigenvalue weighted by Gasteiger charge is 2.50. The number of ether oxygens (including phenoxy) is 1. The van der Waals surface area contributed by atoms with Gasteiger partial charge in [0.25, 0.3) is 0 Å². The van der Waals surface area contributed by atoms with E-state index in [4.69, 9.17) is 4.74 Å². The molecule has 2 unspecified atom stereocenters. The molecule has 3 heterocycles. The lowest BCUT2D eigenvalue weighted by Gasteiger charge is -2.44. The Labute approximate surface area is 180 Å². The van der Waals surface area contributed by atoms with Crippen molar-refractivity contribution in [2.24, 2.45) is 0 Å². The van der Waals surface area contributed by atoms with Crippen molar-refractivity contribution in [1.82, 2.24) is 0 Å². The van der Waals surface area contributed by atoms with Crippen molar-refractivity contribution in [3.05, 3.63) is 52.5 Å². The number of amides is 1. The minimum Gasteiger partial charge on any atom is -1.00 e. The summed E-state index contributed by atoms with van der Waals surface area (Å²) in [4.78, 5) is 14.6. The molecular formula is C21H26BrFN2O2S. The zero-order chi connectivity index (χ0) is 19.0. The molecule has 7 heteroatoms. The van der Waals surface area contributed by atoms with Crippen molar-refractivity contribution in [1.29, 1.82) is 0 Å². The van der Waals surface area contributed by atoms with Crippen LogP contribution < -0.4 is 21.9 Å². The summed E-state index contributed by atoms with van der Waals surface area (Å²) in [5.41, 5.74) is 1.55. The SMILES string of the molecule is C[N+]1(C)C2CCC1CC(OC(=O)N(Cc1cccc(F)c1)c1ccsc1)C2.[Br-]. The number of benzene rings is 1. The van der Waals surface area contributed by atoms with E-state index < -0.39 is 0 Å². The summed E-state index contributed by atoms with van der Waals surface area (Å²) in [7, 11) is 4.59. The molecule has 0 radical (unpaired) electrons. The molecule has 0 saturated carbocycles. The quantitative estimate of drug-likeness (QED) is 0.640. The standard InChI is InChI=1S/C21H26FN2O2S.BrH/c1-24(2)18-6-7-19(24)12-20(11-18)26-21(25)23(17-8-9-27-14-17)13-15-4-3-5-16(22)10-15;/h3-5,8-10,14,18-20H,6-7,11-13H2,1-2H3;1H/q+1;/p-1. The van der Waals surface area contributed by atoms with Crippen LogP contribution >= 0.6 is 11.3 Å². The third kappa shape index (κ3) is 4.26. The fourth-order valence-corrected chi connectivity index (χ4v) is 5.26.